The van der Waals surface area contributed by atoms with Crippen LogP contribution >= 0.6 is 23.3 Å². The van der Waals surface area contributed by atoms with E-state index in [0.29, 0.717) is 23.3 Å². The van der Waals surface area contributed by atoms with Gasteiger partial charge >= 0.3 is 6.03 Å². The van der Waals surface area contributed by atoms with E-state index in [2.05, 4.69) is 25.3 Å². The molecule has 1 aromatic carbocycles. The van der Waals surface area contributed by atoms with Crippen molar-refractivity contribution in [2.75, 3.05) is 11.9 Å². The molecule has 1 aromatic heterocycles. The molecular weight excluding hydrogens is 334 g/mol. The van der Waals surface area contributed by atoms with Gasteiger partial charge in [0.05, 0.1) is 6.04 Å². The zero-order valence-electron chi connectivity index (χ0n) is 12.1. The van der Waals surface area contributed by atoms with E-state index in [9.17, 15) is 9.59 Å². The number of benzene rings is 1. The van der Waals surface area contributed by atoms with Gasteiger partial charge in [-0.25, -0.2) is 4.79 Å². The summed E-state index contributed by atoms with van der Waals surface area (Å²) in [6, 6.07) is 9.49. The van der Waals surface area contributed by atoms with Gasteiger partial charge in [-0.1, -0.05) is 42.1 Å². The Balaban J connectivity index is 1.47. The lowest BCUT2D eigenvalue weighted by molar-refractivity contribution is -0.119. The Bertz CT molecular complexity index is 691. The second kappa shape index (κ2) is 7.42. The summed E-state index contributed by atoms with van der Waals surface area (Å²) in [5, 5.41) is 9.10. The first kappa shape index (κ1) is 15.8. The lowest BCUT2D eigenvalue weighted by Gasteiger charge is -2.09. The second-order valence-electron chi connectivity index (χ2n) is 4.96. The van der Waals surface area contributed by atoms with E-state index in [0.717, 1.165) is 17.3 Å². The molecule has 3 rings (SSSR count). The van der Waals surface area contributed by atoms with Gasteiger partial charge in [0.1, 0.15) is 0 Å². The highest BCUT2D eigenvalue weighted by molar-refractivity contribution is 7.98. The fourth-order valence-electron chi connectivity index (χ4n) is 2.07. The predicted octanol–water partition coefficient (Wildman–Crippen LogP) is 1.84. The van der Waals surface area contributed by atoms with Crippen molar-refractivity contribution in [2.24, 2.45) is 0 Å². The molecule has 1 fully saturated rings. The number of nitrogens with one attached hydrogen (secondary N) is 3. The van der Waals surface area contributed by atoms with Crippen molar-refractivity contribution >= 4 is 40.4 Å². The van der Waals surface area contributed by atoms with Gasteiger partial charge in [-0.2, -0.15) is 9.36 Å². The Morgan fingerprint density at radius 2 is 2.22 bits per heavy atom. The fourth-order valence-corrected chi connectivity index (χ4v) is 3.56. The first-order valence-corrected chi connectivity index (χ1v) is 8.79. The van der Waals surface area contributed by atoms with Crippen LogP contribution < -0.4 is 16.0 Å². The number of urea groups is 1. The first-order chi connectivity index (χ1) is 11.2. The number of hydrogen-bond acceptors (Lipinski definition) is 6. The average molecular weight is 349 g/mol. The summed E-state index contributed by atoms with van der Waals surface area (Å²) in [6.45, 7) is 0.459. The molecule has 3 amide bonds. The Morgan fingerprint density at radius 3 is 2.96 bits per heavy atom. The summed E-state index contributed by atoms with van der Waals surface area (Å²) in [6.07, 6.45) is 0.307. The van der Waals surface area contributed by atoms with E-state index in [4.69, 9.17) is 0 Å². The Hall–Kier alpha value is -2.13. The van der Waals surface area contributed by atoms with Crippen molar-refractivity contribution in [1.29, 1.82) is 0 Å². The third-order valence-electron chi connectivity index (χ3n) is 3.15. The van der Waals surface area contributed by atoms with Crippen LogP contribution in [0.4, 0.5) is 9.93 Å². The van der Waals surface area contributed by atoms with Gasteiger partial charge in [-0.05, 0) is 5.56 Å². The molecular formula is C14H15N5O2S2. The lowest BCUT2D eigenvalue weighted by Crippen LogP contribution is -2.39. The minimum atomic E-state index is -0.373. The first-order valence-electron chi connectivity index (χ1n) is 7.04. The number of nitrogens with zero attached hydrogens (tertiary/aromatic N) is 2. The highest BCUT2D eigenvalue weighted by Crippen LogP contribution is 2.23. The molecule has 1 saturated heterocycles. The number of carbonyl (C=O) groups is 2. The van der Waals surface area contributed by atoms with Gasteiger partial charge in [0.2, 0.25) is 16.2 Å². The van der Waals surface area contributed by atoms with Crippen molar-refractivity contribution in [3.8, 4) is 0 Å². The number of rotatable bonds is 5. The Labute approximate surface area is 141 Å². The van der Waals surface area contributed by atoms with Crippen LogP contribution in [0.2, 0.25) is 0 Å². The number of amides is 3. The van der Waals surface area contributed by atoms with Crippen LogP contribution in [0.25, 0.3) is 0 Å². The van der Waals surface area contributed by atoms with Gasteiger partial charge in [0.25, 0.3) is 0 Å². The van der Waals surface area contributed by atoms with Crippen LogP contribution in [0.5, 0.6) is 0 Å². The fraction of sp³-hybridized carbons (Fsp3) is 0.286. The minimum absolute atomic E-state index is 0.0502. The number of carbonyl (C=O) groups excluding carboxylic acids is 2. The predicted molar refractivity (Wildman–Crippen MR) is 89.5 cm³/mol. The summed E-state index contributed by atoms with van der Waals surface area (Å²) in [7, 11) is 0. The molecule has 7 nitrogen and oxygen atoms in total. The van der Waals surface area contributed by atoms with Crippen LogP contribution in [0, 0.1) is 0 Å². The highest BCUT2D eigenvalue weighted by atomic mass is 32.2. The van der Waals surface area contributed by atoms with Crippen LogP contribution in [0.1, 0.15) is 12.0 Å². The second-order valence-corrected chi connectivity index (χ2v) is 6.65. The Kier molecular flexibility index (Phi) is 5.09. The van der Waals surface area contributed by atoms with E-state index in [1.807, 2.05) is 30.3 Å². The molecule has 1 aliphatic heterocycles. The van der Waals surface area contributed by atoms with Gasteiger partial charge in [-0.3, -0.25) is 10.1 Å². The number of anilines is 1. The van der Waals surface area contributed by atoms with E-state index in [1.54, 1.807) is 0 Å². The van der Waals surface area contributed by atoms with Crippen LogP contribution in [0.15, 0.2) is 35.5 Å². The summed E-state index contributed by atoms with van der Waals surface area (Å²) in [5.41, 5.74) is 1.19. The van der Waals surface area contributed by atoms with Crippen LogP contribution in [0.3, 0.4) is 0 Å². The molecule has 1 aliphatic rings. The molecule has 0 bridgehead atoms. The molecule has 3 N–H and O–H groups in total. The topological polar surface area (TPSA) is 96.0 Å². The van der Waals surface area contributed by atoms with Crippen LogP contribution in [-0.4, -0.2) is 33.9 Å². The summed E-state index contributed by atoms with van der Waals surface area (Å²) >= 11 is 2.65. The zero-order valence-corrected chi connectivity index (χ0v) is 13.7. The number of hydrogen-bond donors (Lipinski definition) is 3. The molecule has 9 heteroatoms. The minimum Gasteiger partial charge on any atom is -0.354 e. The molecule has 1 atom stereocenters. The van der Waals surface area contributed by atoms with E-state index >= 15 is 0 Å². The standard InChI is InChI=1S/C14H15N5O2S2/c20-11-6-10(7-15-11)16-12(21)17-13-18-14(19-23-13)22-8-9-4-2-1-3-5-9/h1-5,10H,6-8H2,(H,15,20)(H2,16,17,18,19,21)/t10-/m0/s1. The van der Waals surface area contributed by atoms with Gasteiger partial charge in [-0.15, -0.1) is 0 Å². The average Bonchev–Trinajstić information content (AvgIpc) is 3.15. The SMILES string of the molecule is O=C1C[C@H](NC(=O)Nc2nc(SCc3ccccc3)ns2)CN1. The summed E-state index contributed by atoms with van der Waals surface area (Å²) in [4.78, 5) is 27.2. The van der Waals surface area contributed by atoms with Crippen molar-refractivity contribution < 1.29 is 9.59 Å². The molecule has 23 heavy (non-hydrogen) atoms. The molecule has 0 saturated carbocycles. The molecule has 0 spiro atoms. The maximum absolute atomic E-state index is 11.8. The van der Waals surface area contributed by atoms with Crippen molar-refractivity contribution in [3.63, 3.8) is 0 Å². The summed E-state index contributed by atoms with van der Waals surface area (Å²) < 4.78 is 4.21. The third kappa shape index (κ3) is 4.67. The maximum atomic E-state index is 11.8. The largest absolute Gasteiger partial charge is 0.354 e. The number of aromatic nitrogens is 2. The van der Waals surface area contributed by atoms with Crippen molar-refractivity contribution in [2.45, 2.75) is 23.4 Å². The van der Waals surface area contributed by atoms with Gasteiger partial charge in [0, 0.05) is 30.3 Å². The van der Waals surface area contributed by atoms with E-state index < -0.39 is 0 Å². The molecule has 0 aliphatic carbocycles. The molecule has 120 valence electrons. The number of thioether (sulfide) groups is 1. The quantitative estimate of drug-likeness (QED) is 0.716. The van der Waals surface area contributed by atoms with Crippen molar-refractivity contribution in [3.05, 3.63) is 35.9 Å². The van der Waals surface area contributed by atoms with Crippen LogP contribution in [-0.2, 0) is 10.5 Å². The molecule has 2 aromatic rings. The summed E-state index contributed by atoms with van der Waals surface area (Å²) in [5.74, 6) is 0.727. The molecule has 2 heterocycles. The highest BCUT2D eigenvalue weighted by Gasteiger charge is 2.23. The smallest absolute Gasteiger partial charge is 0.321 e. The monoisotopic (exact) mass is 349 g/mol. The third-order valence-corrected chi connectivity index (χ3v) is 4.82. The maximum Gasteiger partial charge on any atom is 0.321 e. The van der Waals surface area contributed by atoms with Gasteiger partial charge in [0.15, 0.2) is 0 Å². The Morgan fingerprint density at radius 1 is 1.39 bits per heavy atom. The lowest BCUT2D eigenvalue weighted by atomic mass is 10.2. The zero-order chi connectivity index (χ0) is 16.1. The molecule has 0 unspecified atom stereocenters. The normalized spacial score (nSPS) is 16.9. The molecule has 0 radical (unpaired) electrons. The van der Waals surface area contributed by atoms with E-state index in [1.165, 1.54) is 17.3 Å². The van der Waals surface area contributed by atoms with E-state index in [-0.39, 0.29) is 18.0 Å². The van der Waals surface area contributed by atoms with Gasteiger partial charge < -0.3 is 10.6 Å². The van der Waals surface area contributed by atoms with Crippen molar-refractivity contribution in [1.82, 2.24) is 20.0 Å².